The van der Waals surface area contributed by atoms with E-state index in [4.69, 9.17) is 5.73 Å². The molecule has 7 nitrogen and oxygen atoms in total. The van der Waals surface area contributed by atoms with Crippen LogP contribution in [0.1, 0.15) is 38.5 Å². The number of aromatic amines is 1. The van der Waals surface area contributed by atoms with Crippen LogP contribution < -0.4 is 11.1 Å². The summed E-state index contributed by atoms with van der Waals surface area (Å²) in [6.45, 7) is 0.562. The van der Waals surface area contributed by atoms with E-state index in [1.165, 1.54) is 6.42 Å². The van der Waals surface area contributed by atoms with Crippen molar-refractivity contribution in [2.75, 3.05) is 11.9 Å². The first-order valence-electron chi connectivity index (χ1n) is 5.97. The number of hydrogen-bond donors (Lipinski definition) is 3. The molecule has 1 aromatic rings. The lowest BCUT2D eigenvalue weighted by atomic mass is 9.72. The monoisotopic (exact) mass is 274 g/mol. The van der Waals surface area contributed by atoms with Crippen LogP contribution in [-0.2, 0) is 4.79 Å². The van der Waals surface area contributed by atoms with Crippen LogP contribution >= 0.6 is 12.4 Å². The molecule has 0 saturated heterocycles. The van der Waals surface area contributed by atoms with E-state index in [0.29, 0.717) is 13.0 Å². The Kier molecular flexibility index (Phi) is 5.49. The fraction of sp³-hybridized carbons (Fsp3) is 0.800. The van der Waals surface area contributed by atoms with Crippen LogP contribution in [0.4, 0.5) is 5.95 Å². The van der Waals surface area contributed by atoms with Gasteiger partial charge in [-0.25, -0.2) is 0 Å². The van der Waals surface area contributed by atoms with E-state index in [0.717, 1.165) is 25.7 Å². The quantitative estimate of drug-likeness (QED) is 0.754. The normalized spacial score (nSPS) is 17.8. The lowest BCUT2D eigenvalue weighted by Crippen LogP contribution is -2.36. The highest BCUT2D eigenvalue weighted by molar-refractivity contribution is 5.89. The Balaban J connectivity index is 0.00000162. The predicted molar refractivity (Wildman–Crippen MR) is 69.2 cm³/mol. The molecule has 0 spiro atoms. The number of halogens is 1. The number of tetrazole rings is 1. The van der Waals surface area contributed by atoms with Gasteiger partial charge >= 0.3 is 0 Å². The third-order valence-electron chi connectivity index (χ3n) is 3.48. The Labute approximate surface area is 112 Å². The van der Waals surface area contributed by atoms with E-state index in [2.05, 4.69) is 25.9 Å². The van der Waals surface area contributed by atoms with Gasteiger partial charge in [-0.2, -0.15) is 5.21 Å². The highest BCUT2D eigenvalue weighted by atomic mass is 35.5. The summed E-state index contributed by atoms with van der Waals surface area (Å²) in [5, 5.41) is 15.7. The van der Waals surface area contributed by atoms with Crippen LogP contribution in [-0.4, -0.2) is 33.1 Å². The molecule has 102 valence electrons. The zero-order valence-corrected chi connectivity index (χ0v) is 11.0. The van der Waals surface area contributed by atoms with Gasteiger partial charge in [-0.1, -0.05) is 24.4 Å². The fourth-order valence-electron chi connectivity index (χ4n) is 2.48. The molecule has 1 heterocycles. The smallest absolute Gasteiger partial charge is 0.269 e. The minimum absolute atomic E-state index is 0. The minimum Gasteiger partial charge on any atom is -0.330 e. The molecule has 4 N–H and O–H groups in total. The topological polar surface area (TPSA) is 110 Å². The molecule has 1 aliphatic rings. The van der Waals surface area contributed by atoms with Gasteiger partial charge in [0.15, 0.2) is 0 Å². The summed E-state index contributed by atoms with van der Waals surface area (Å²) in [6, 6.07) is 0. The van der Waals surface area contributed by atoms with Crippen molar-refractivity contribution < 1.29 is 4.79 Å². The van der Waals surface area contributed by atoms with Gasteiger partial charge in [0.2, 0.25) is 5.91 Å². The van der Waals surface area contributed by atoms with Crippen molar-refractivity contribution in [3.05, 3.63) is 0 Å². The summed E-state index contributed by atoms with van der Waals surface area (Å²) >= 11 is 0. The highest BCUT2D eigenvalue weighted by Crippen LogP contribution is 2.38. The van der Waals surface area contributed by atoms with Gasteiger partial charge in [0.05, 0.1) is 0 Å². The van der Waals surface area contributed by atoms with E-state index >= 15 is 0 Å². The molecule has 1 saturated carbocycles. The molecular weight excluding hydrogens is 256 g/mol. The number of aromatic nitrogens is 4. The van der Waals surface area contributed by atoms with E-state index < -0.39 is 0 Å². The number of H-pyrrole nitrogens is 1. The molecule has 0 bridgehead atoms. The Morgan fingerprint density at radius 1 is 1.39 bits per heavy atom. The van der Waals surface area contributed by atoms with E-state index in [1.54, 1.807) is 0 Å². The number of rotatable bonds is 4. The molecule has 0 unspecified atom stereocenters. The lowest BCUT2D eigenvalue weighted by molar-refractivity contribution is -0.118. The minimum atomic E-state index is -0.0845. The van der Waals surface area contributed by atoms with Gasteiger partial charge in [-0.3, -0.25) is 10.1 Å². The maximum absolute atomic E-state index is 11.9. The van der Waals surface area contributed by atoms with Crippen LogP contribution in [0.5, 0.6) is 0 Å². The lowest BCUT2D eigenvalue weighted by Gasteiger charge is -2.35. The predicted octanol–water partition coefficient (Wildman–Crippen LogP) is 0.859. The number of nitrogens with zero attached hydrogens (tertiary/aromatic N) is 3. The van der Waals surface area contributed by atoms with E-state index in [-0.39, 0.29) is 29.7 Å². The maximum Gasteiger partial charge on any atom is 0.269 e. The second-order valence-electron chi connectivity index (χ2n) is 4.73. The van der Waals surface area contributed by atoms with Crippen molar-refractivity contribution in [2.45, 2.75) is 38.5 Å². The first kappa shape index (κ1) is 14.8. The van der Waals surface area contributed by atoms with Crippen LogP contribution in [0.2, 0.25) is 0 Å². The number of hydrogen-bond acceptors (Lipinski definition) is 5. The number of carbonyl (C=O) groups excluding carboxylic acids is 1. The first-order valence-corrected chi connectivity index (χ1v) is 5.97. The van der Waals surface area contributed by atoms with Crippen molar-refractivity contribution in [3.8, 4) is 0 Å². The third kappa shape index (κ3) is 3.64. The fourth-order valence-corrected chi connectivity index (χ4v) is 2.48. The van der Waals surface area contributed by atoms with Gasteiger partial charge in [-0.15, -0.1) is 17.5 Å². The number of nitrogens with one attached hydrogen (secondary N) is 2. The Morgan fingerprint density at radius 2 is 2.11 bits per heavy atom. The molecular formula is C10H19ClN6O. The number of nitrogens with two attached hydrogens (primary N) is 1. The third-order valence-corrected chi connectivity index (χ3v) is 3.48. The Hall–Kier alpha value is -1.21. The SMILES string of the molecule is Cl.NCC1(CC(=O)Nc2nn[nH]n2)CCCCC1. The maximum atomic E-state index is 11.9. The van der Waals surface area contributed by atoms with Gasteiger partial charge in [-0.05, 0) is 30.0 Å². The van der Waals surface area contributed by atoms with Crippen molar-refractivity contribution >= 4 is 24.3 Å². The van der Waals surface area contributed by atoms with Crippen molar-refractivity contribution in [1.82, 2.24) is 20.6 Å². The van der Waals surface area contributed by atoms with E-state index in [9.17, 15) is 4.79 Å². The summed E-state index contributed by atoms with van der Waals surface area (Å²) in [5.41, 5.74) is 5.79. The molecule has 18 heavy (non-hydrogen) atoms. The zero-order chi connectivity index (χ0) is 12.1. The Bertz CT molecular complexity index is 362. The largest absolute Gasteiger partial charge is 0.330 e. The average Bonchev–Trinajstić information content (AvgIpc) is 2.83. The van der Waals surface area contributed by atoms with Crippen molar-refractivity contribution in [3.63, 3.8) is 0 Å². The average molecular weight is 275 g/mol. The first-order chi connectivity index (χ1) is 8.24. The van der Waals surface area contributed by atoms with Gasteiger partial charge in [0, 0.05) is 6.42 Å². The molecule has 1 aliphatic carbocycles. The molecule has 1 amide bonds. The van der Waals surface area contributed by atoms with Crippen LogP contribution in [0, 0.1) is 5.41 Å². The van der Waals surface area contributed by atoms with Gasteiger partial charge in [0.25, 0.3) is 5.95 Å². The van der Waals surface area contributed by atoms with E-state index in [1.807, 2.05) is 0 Å². The second kappa shape index (κ2) is 6.65. The zero-order valence-electron chi connectivity index (χ0n) is 10.2. The number of carbonyl (C=O) groups is 1. The number of amides is 1. The summed E-state index contributed by atoms with van der Waals surface area (Å²) < 4.78 is 0. The molecule has 2 rings (SSSR count). The summed E-state index contributed by atoms with van der Waals surface area (Å²) in [7, 11) is 0. The molecule has 1 aromatic heterocycles. The highest BCUT2D eigenvalue weighted by Gasteiger charge is 2.33. The molecule has 0 radical (unpaired) electrons. The molecule has 0 aromatic carbocycles. The summed E-state index contributed by atoms with van der Waals surface area (Å²) in [6.07, 6.45) is 6.07. The molecule has 1 fully saturated rings. The standard InChI is InChI=1S/C10H18N6O.ClH/c11-7-10(4-2-1-3-5-10)6-8(17)12-9-13-15-16-14-9;/h1-7,11H2,(H2,12,13,14,15,16,17);1H. The summed E-state index contributed by atoms with van der Waals surface area (Å²) in [5.74, 6) is 0.136. The van der Waals surface area contributed by atoms with Crippen molar-refractivity contribution in [1.29, 1.82) is 0 Å². The van der Waals surface area contributed by atoms with Crippen LogP contribution in [0.3, 0.4) is 0 Å². The molecule has 8 heteroatoms. The van der Waals surface area contributed by atoms with Gasteiger partial charge < -0.3 is 5.73 Å². The van der Waals surface area contributed by atoms with Gasteiger partial charge in [0.1, 0.15) is 0 Å². The van der Waals surface area contributed by atoms with Crippen molar-refractivity contribution in [2.24, 2.45) is 11.1 Å². The second-order valence-corrected chi connectivity index (χ2v) is 4.73. The molecule has 0 atom stereocenters. The number of anilines is 1. The van der Waals surface area contributed by atoms with Crippen LogP contribution in [0.15, 0.2) is 0 Å². The molecule has 0 aliphatic heterocycles. The summed E-state index contributed by atoms with van der Waals surface area (Å²) in [4.78, 5) is 11.9. The van der Waals surface area contributed by atoms with Crippen LogP contribution in [0.25, 0.3) is 0 Å². The Morgan fingerprint density at radius 3 is 2.67 bits per heavy atom.